The largest absolute Gasteiger partial charge is 0.0622 e. The highest BCUT2D eigenvalue weighted by atomic mass is 14.4. The summed E-state index contributed by atoms with van der Waals surface area (Å²) in [6.45, 7) is 4.73. The quantitative estimate of drug-likeness (QED) is 0.209. The Bertz CT molecular complexity index is 2020. The van der Waals surface area contributed by atoms with Gasteiger partial charge in [0.2, 0.25) is 0 Å². The lowest BCUT2D eigenvalue weighted by molar-refractivity contribution is 0.661. The summed E-state index contributed by atoms with van der Waals surface area (Å²) in [5.41, 5.74) is 10.7. The van der Waals surface area contributed by atoms with Gasteiger partial charge in [0.05, 0.1) is 0 Å². The second kappa shape index (κ2) is 8.16. The van der Waals surface area contributed by atoms with E-state index in [0.29, 0.717) is 0 Å². The first-order valence-electron chi connectivity index (χ1n) is 13.8. The maximum atomic E-state index is 2.46. The summed E-state index contributed by atoms with van der Waals surface area (Å²) in [5, 5.41) is 7.82. The molecule has 0 nitrogen and oxygen atoms in total. The Balaban J connectivity index is 1.48. The summed E-state index contributed by atoms with van der Waals surface area (Å²) in [5.74, 6) is 0. The van der Waals surface area contributed by atoms with Gasteiger partial charge in [-0.05, 0) is 82.9 Å². The van der Waals surface area contributed by atoms with Gasteiger partial charge in [0.15, 0.2) is 0 Å². The van der Waals surface area contributed by atoms with Crippen LogP contribution < -0.4 is 0 Å². The van der Waals surface area contributed by atoms with Crippen molar-refractivity contribution in [3.05, 3.63) is 145 Å². The predicted molar refractivity (Wildman–Crippen MR) is 167 cm³/mol. The van der Waals surface area contributed by atoms with E-state index in [9.17, 15) is 0 Å². The van der Waals surface area contributed by atoms with Crippen molar-refractivity contribution in [2.24, 2.45) is 0 Å². The summed E-state index contributed by atoms with van der Waals surface area (Å²) in [6, 6.07) is 49.3. The van der Waals surface area contributed by atoms with Crippen LogP contribution >= 0.6 is 0 Å². The first-order chi connectivity index (χ1) is 19.1. The molecule has 0 aromatic heterocycles. The van der Waals surface area contributed by atoms with Crippen LogP contribution in [0.1, 0.15) is 25.0 Å². The van der Waals surface area contributed by atoms with Crippen molar-refractivity contribution in [1.29, 1.82) is 0 Å². The third-order valence-electron chi connectivity index (χ3n) is 8.85. The normalized spacial score (nSPS) is 13.6. The molecule has 39 heavy (non-hydrogen) atoms. The average Bonchev–Trinajstić information content (AvgIpc) is 3.22. The van der Waals surface area contributed by atoms with E-state index in [2.05, 4.69) is 147 Å². The molecule has 0 bridgehead atoms. The summed E-state index contributed by atoms with van der Waals surface area (Å²) in [4.78, 5) is 0. The number of hydrogen-bond acceptors (Lipinski definition) is 0. The molecule has 1 aliphatic carbocycles. The Morgan fingerprint density at radius 1 is 0.385 bits per heavy atom. The van der Waals surface area contributed by atoms with E-state index in [1.165, 1.54) is 76.8 Å². The van der Waals surface area contributed by atoms with E-state index in [1.807, 2.05) is 0 Å². The van der Waals surface area contributed by atoms with Crippen molar-refractivity contribution in [3.63, 3.8) is 0 Å². The van der Waals surface area contributed by atoms with Gasteiger partial charge in [-0.25, -0.2) is 0 Å². The first kappa shape index (κ1) is 22.3. The van der Waals surface area contributed by atoms with Crippen LogP contribution in [-0.2, 0) is 5.41 Å². The van der Waals surface area contributed by atoms with E-state index in [-0.39, 0.29) is 5.41 Å². The Hall–Kier alpha value is -4.68. The highest BCUT2D eigenvalue weighted by molar-refractivity contribution is 6.21. The number of fused-ring (bicyclic) bond motifs is 7. The van der Waals surface area contributed by atoms with Crippen molar-refractivity contribution >= 4 is 32.3 Å². The molecule has 0 heterocycles. The van der Waals surface area contributed by atoms with Crippen LogP contribution in [0.5, 0.6) is 0 Å². The van der Waals surface area contributed by atoms with Crippen LogP contribution in [0.25, 0.3) is 65.7 Å². The van der Waals surface area contributed by atoms with Crippen LogP contribution in [0.4, 0.5) is 0 Å². The molecule has 0 amide bonds. The van der Waals surface area contributed by atoms with Gasteiger partial charge in [0.25, 0.3) is 0 Å². The zero-order valence-corrected chi connectivity index (χ0v) is 22.2. The molecule has 0 radical (unpaired) electrons. The van der Waals surface area contributed by atoms with Crippen LogP contribution in [0.3, 0.4) is 0 Å². The SMILES string of the molecule is CC1(C)c2ccc(-c3c4ccccc4c(-c4ccccc4)c4ccccc34)cc2-c2c1ccc1ccccc21. The van der Waals surface area contributed by atoms with E-state index in [4.69, 9.17) is 0 Å². The molecule has 0 heteroatoms. The van der Waals surface area contributed by atoms with Gasteiger partial charge in [-0.15, -0.1) is 0 Å². The summed E-state index contributed by atoms with van der Waals surface area (Å²) in [7, 11) is 0. The minimum Gasteiger partial charge on any atom is -0.0622 e. The van der Waals surface area contributed by atoms with Gasteiger partial charge in [0, 0.05) is 5.41 Å². The Labute approximate surface area is 229 Å². The van der Waals surface area contributed by atoms with E-state index in [1.54, 1.807) is 0 Å². The summed E-state index contributed by atoms with van der Waals surface area (Å²) < 4.78 is 0. The molecule has 0 spiro atoms. The van der Waals surface area contributed by atoms with Gasteiger partial charge >= 0.3 is 0 Å². The molecule has 0 saturated carbocycles. The molecule has 7 aromatic rings. The Kier molecular flexibility index (Phi) is 4.67. The summed E-state index contributed by atoms with van der Waals surface area (Å²) >= 11 is 0. The fourth-order valence-electron chi connectivity index (χ4n) is 7.03. The van der Waals surface area contributed by atoms with Crippen molar-refractivity contribution in [1.82, 2.24) is 0 Å². The van der Waals surface area contributed by atoms with Crippen LogP contribution in [0, 0.1) is 0 Å². The highest BCUT2D eigenvalue weighted by Crippen LogP contribution is 2.53. The lowest BCUT2D eigenvalue weighted by Crippen LogP contribution is -2.14. The fourth-order valence-corrected chi connectivity index (χ4v) is 7.03. The lowest BCUT2D eigenvalue weighted by Gasteiger charge is -2.22. The molecule has 0 N–H and O–H groups in total. The highest BCUT2D eigenvalue weighted by Gasteiger charge is 2.36. The Morgan fingerprint density at radius 3 is 1.54 bits per heavy atom. The molecular weight excluding hydrogens is 468 g/mol. The second-order valence-electron chi connectivity index (χ2n) is 11.3. The topological polar surface area (TPSA) is 0 Å². The van der Waals surface area contributed by atoms with E-state index >= 15 is 0 Å². The van der Waals surface area contributed by atoms with Crippen molar-refractivity contribution < 1.29 is 0 Å². The van der Waals surface area contributed by atoms with Gasteiger partial charge in [-0.1, -0.05) is 141 Å². The second-order valence-corrected chi connectivity index (χ2v) is 11.3. The maximum Gasteiger partial charge on any atom is 0.0159 e. The number of rotatable bonds is 2. The smallest absolute Gasteiger partial charge is 0.0159 e. The van der Waals surface area contributed by atoms with Crippen molar-refractivity contribution in [2.75, 3.05) is 0 Å². The zero-order valence-electron chi connectivity index (χ0n) is 22.2. The third kappa shape index (κ3) is 3.12. The third-order valence-corrected chi connectivity index (χ3v) is 8.85. The average molecular weight is 497 g/mol. The standard InChI is InChI=1S/C39H28/c1-39(2)34-22-21-27(24-33(34)38-28-15-7-6-12-25(28)20-23-35(38)39)37-31-18-10-8-16-29(31)36(26-13-4-3-5-14-26)30-17-9-11-19-32(30)37/h3-24H,1-2H3. The minimum absolute atomic E-state index is 0.0332. The minimum atomic E-state index is -0.0332. The van der Waals surface area contributed by atoms with E-state index in [0.717, 1.165) is 0 Å². The van der Waals surface area contributed by atoms with Gasteiger partial charge in [0.1, 0.15) is 0 Å². The van der Waals surface area contributed by atoms with Gasteiger partial charge in [-0.2, -0.15) is 0 Å². The number of hydrogen-bond donors (Lipinski definition) is 0. The first-order valence-corrected chi connectivity index (χ1v) is 13.8. The molecule has 0 aliphatic heterocycles. The Morgan fingerprint density at radius 2 is 0.897 bits per heavy atom. The zero-order chi connectivity index (χ0) is 26.1. The van der Waals surface area contributed by atoms with Crippen LogP contribution in [0.2, 0.25) is 0 Å². The molecule has 184 valence electrons. The molecule has 7 aromatic carbocycles. The molecule has 0 unspecified atom stereocenters. The van der Waals surface area contributed by atoms with Crippen molar-refractivity contribution in [3.8, 4) is 33.4 Å². The fraction of sp³-hybridized carbons (Fsp3) is 0.0769. The van der Waals surface area contributed by atoms with E-state index < -0.39 is 0 Å². The molecule has 0 atom stereocenters. The molecule has 8 rings (SSSR count). The van der Waals surface area contributed by atoms with Gasteiger partial charge in [-0.3, -0.25) is 0 Å². The molecule has 0 fully saturated rings. The maximum absolute atomic E-state index is 2.46. The van der Waals surface area contributed by atoms with Crippen LogP contribution in [-0.4, -0.2) is 0 Å². The van der Waals surface area contributed by atoms with Crippen molar-refractivity contribution in [2.45, 2.75) is 19.3 Å². The molecule has 1 aliphatic rings. The van der Waals surface area contributed by atoms with Gasteiger partial charge < -0.3 is 0 Å². The molecule has 0 saturated heterocycles. The number of benzene rings is 7. The molecular formula is C39H28. The predicted octanol–water partition coefficient (Wildman–Crippen LogP) is 10.8. The monoisotopic (exact) mass is 496 g/mol. The summed E-state index contributed by atoms with van der Waals surface area (Å²) in [6.07, 6.45) is 0. The lowest BCUT2D eigenvalue weighted by atomic mass is 9.81. The van der Waals surface area contributed by atoms with Crippen LogP contribution in [0.15, 0.2) is 133 Å².